The van der Waals surface area contributed by atoms with E-state index in [4.69, 9.17) is 0 Å². The molecular formula is C11H10IN3O2. The maximum atomic E-state index is 10.7. The molecule has 6 heteroatoms. The molecule has 0 aliphatic rings. The standard InChI is InChI=1S/C11H10IN3O2/c1-7-5-8(2)14(13-7)11-4-3-9(15(16)17)6-10(11)12/h3-6H,1-2H3. The summed E-state index contributed by atoms with van der Waals surface area (Å²) >= 11 is 2.08. The Hall–Kier alpha value is -1.44. The first-order valence-electron chi connectivity index (χ1n) is 4.96. The predicted molar refractivity (Wildman–Crippen MR) is 72.4 cm³/mol. The van der Waals surface area contributed by atoms with Crippen molar-refractivity contribution in [3.05, 3.63) is 49.3 Å². The summed E-state index contributed by atoms with van der Waals surface area (Å²) in [7, 11) is 0. The van der Waals surface area contributed by atoms with Crippen molar-refractivity contribution in [2.75, 3.05) is 0 Å². The third-order valence-electron chi connectivity index (χ3n) is 2.38. The van der Waals surface area contributed by atoms with Gasteiger partial charge in [-0.2, -0.15) is 5.10 Å². The lowest BCUT2D eigenvalue weighted by molar-refractivity contribution is -0.384. The fourth-order valence-electron chi connectivity index (χ4n) is 1.65. The molecule has 1 heterocycles. The van der Waals surface area contributed by atoms with E-state index >= 15 is 0 Å². The Balaban J connectivity index is 2.54. The van der Waals surface area contributed by atoms with Crippen molar-refractivity contribution in [1.29, 1.82) is 0 Å². The number of aromatic nitrogens is 2. The molecule has 88 valence electrons. The highest BCUT2D eigenvalue weighted by molar-refractivity contribution is 14.1. The van der Waals surface area contributed by atoms with Crippen LogP contribution in [-0.2, 0) is 0 Å². The highest BCUT2D eigenvalue weighted by Gasteiger charge is 2.12. The van der Waals surface area contributed by atoms with E-state index in [0.717, 1.165) is 20.6 Å². The lowest BCUT2D eigenvalue weighted by atomic mass is 10.3. The molecule has 1 aromatic carbocycles. The zero-order chi connectivity index (χ0) is 12.6. The van der Waals surface area contributed by atoms with Gasteiger partial charge in [-0.1, -0.05) is 0 Å². The van der Waals surface area contributed by atoms with Gasteiger partial charge in [-0.25, -0.2) is 4.68 Å². The Labute approximate surface area is 112 Å². The minimum Gasteiger partial charge on any atom is -0.258 e. The second-order valence-electron chi connectivity index (χ2n) is 3.73. The van der Waals surface area contributed by atoms with E-state index < -0.39 is 4.92 Å². The molecule has 0 aliphatic heterocycles. The molecule has 0 bridgehead atoms. The van der Waals surface area contributed by atoms with Crippen LogP contribution in [0.15, 0.2) is 24.3 Å². The number of rotatable bonds is 2. The van der Waals surface area contributed by atoms with Gasteiger partial charge in [0.15, 0.2) is 0 Å². The summed E-state index contributed by atoms with van der Waals surface area (Å²) in [5, 5.41) is 15.0. The molecular weight excluding hydrogens is 333 g/mol. The van der Waals surface area contributed by atoms with Crippen molar-refractivity contribution in [1.82, 2.24) is 9.78 Å². The van der Waals surface area contributed by atoms with E-state index in [9.17, 15) is 10.1 Å². The average molecular weight is 343 g/mol. The molecule has 1 aromatic heterocycles. The van der Waals surface area contributed by atoms with Crippen molar-refractivity contribution >= 4 is 28.3 Å². The molecule has 0 saturated heterocycles. The first-order valence-corrected chi connectivity index (χ1v) is 6.04. The molecule has 0 fully saturated rings. The minimum absolute atomic E-state index is 0.0969. The van der Waals surface area contributed by atoms with Crippen molar-refractivity contribution in [3.63, 3.8) is 0 Å². The number of non-ortho nitro benzene ring substituents is 1. The van der Waals surface area contributed by atoms with Crippen molar-refractivity contribution in [2.45, 2.75) is 13.8 Å². The summed E-state index contributed by atoms with van der Waals surface area (Å²) in [4.78, 5) is 10.3. The number of nitro benzene ring substituents is 1. The van der Waals surface area contributed by atoms with Gasteiger partial charge in [0.05, 0.1) is 16.3 Å². The van der Waals surface area contributed by atoms with Gasteiger partial charge in [-0.05, 0) is 48.6 Å². The number of nitro groups is 1. The minimum atomic E-state index is -0.396. The highest BCUT2D eigenvalue weighted by atomic mass is 127. The van der Waals surface area contributed by atoms with Crippen molar-refractivity contribution < 1.29 is 4.92 Å². The Morgan fingerprint density at radius 1 is 1.35 bits per heavy atom. The second-order valence-corrected chi connectivity index (χ2v) is 4.89. The van der Waals surface area contributed by atoms with E-state index in [2.05, 4.69) is 27.7 Å². The van der Waals surface area contributed by atoms with E-state index in [1.165, 1.54) is 6.07 Å². The summed E-state index contributed by atoms with van der Waals surface area (Å²) in [6.07, 6.45) is 0. The van der Waals surface area contributed by atoms with E-state index in [1.54, 1.807) is 16.8 Å². The van der Waals surface area contributed by atoms with Gasteiger partial charge in [0, 0.05) is 21.4 Å². The molecule has 0 N–H and O–H groups in total. The van der Waals surface area contributed by atoms with Crippen LogP contribution >= 0.6 is 22.6 Å². The van der Waals surface area contributed by atoms with E-state index in [0.29, 0.717) is 0 Å². The topological polar surface area (TPSA) is 61.0 Å². The molecule has 0 spiro atoms. The van der Waals surface area contributed by atoms with Gasteiger partial charge in [0.2, 0.25) is 0 Å². The number of aryl methyl sites for hydroxylation is 2. The lowest BCUT2D eigenvalue weighted by Crippen LogP contribution is -2.02. The lowest BCUT2D eigenvalue weighted by Gasteiger charge is -2.06. The van der Waals surface area contributed by atoms with Crippen LogP contribution in [0.5, 0.6) is 0 Å². The maximum Gasteiger partial charge on any atom is 0.270 e. The quantitative estimate of drug-likeness (QED) is 0.478. The molecule has 0 saturated carbocycles. The number of hydrogen-bond donors (Lipinski definition) is 0. The molecule has 0 unspecified atom stereocenters. The Morgan fingerprint density at radius 2 is 2.06 bits per heavy atom. The van der Waals surface area contributed by atoms with Crippen LogP contribution in [0.3, 0.4) is 0 Å². The van der Waals surface area contributed by atoms with E-state index in [1.807, 2.05) is 19.9 Å². The number of benzene rings is 1. The van der Waals surface area contributed by atoms with Crippen LogP contribution < -0.4 is 0 Å². The van der Waals surface area contributed by atoms with Crippen LogP contribution in [0.2, 0.25) is 0 Å². The highest BCUT2D eigenvalue weighted by Crippen LogP contribution is 2.23. The van der Waals surface area contributed by atoms with Gasteiger partial charge >= 0.3 is 0 Å². The number of nitrogens with zero attached hydrogens (tertiary/aromatic N) is 3. The van der Waals surface area contributed by atoms with Gasteiger partial charge in [0.1, 0.15) is 0 Å². The van der Waals surface area contributed by atoms with Gasteiger partial charge in [-0.3, -0.25) is 10.1 Å². The molecule has 0 amide bonds. The Kier molecular flexibility index (Phi) is 3.14. The number of halogens is 1. The summed E-state index contributed by atoms with van der Waals surface area (Å²) in [6.45, 7) is 3.87. The summed E-state index contributed by atoms with van der Waals surface area (Å²) in [6, 6.07) is 6.73. The van der Waals surface area contributed by atoms with Crippen LogP contribution in [-0.4, -0.2) is 14.7 Å². The summed E-state index contributed by atoms with van der Waals surface area (Å²) in [5.74, 6) is 0. The molecule has 2 aromatic rings. The first kappa shape index (κ1) is 12.0. The molecule has 17 heavy (non-hydrogen) atoms. The monoisotopic (exact) mass is 343 g/mol. The summed E-state index contributed by atoms with van der Waals surface area (Å²) in [5.41, 5.74) is 2.90. The van der Waals surface area contributed by atoms with Crippen LogP contribution in [0.4, 0.5) is 5.69 Å². The normalized spacial score (nSPS) is 10.5. The second kappa shape index (κ2) is 4.44. The summed E-state index contributed by atoms with van der Waals surface area (Å²) < 4.78 is 2.60. The zero-order valence-electron chi connectivity index (χ0n) is 9.35. The molecule has 0 aliphatic carbocycles. The van der Waals surface area contributed by atoms with Gasteiger partial charge < -0.3 is 0 Å². The van der Waals surface area contributed by atoms with Crippen LogP contribution in [0, 0.1) is 27.5 Å². The third kappa shape index (κ3) is 2.31. The van der Waals surface area contributed by atoms with Crippen molar-refractivity contribution in [3.8, 4) is 5.69 Å². The Morgan fingerprint density at radius 3 is 2.53 bits per heavy atom. The zero-order valence-corrected chi connectivity index (χ0v) is 11.5. The van der Waals surface area contributed by atoms with Crippen LogP contribution in [0.25, 0.3) is 5.69 Å². The first-order chi connectivity index (χ1) is 7.99. The van der Waals surface area contributed by atoms with Crippen molar-refractivity contribution in [2.24, 2.45) is 0 Å². The maximum absolute atomic E-state index is 10.7. The molecule has 0 radical (unpaired) electrons. The van der Waals surface area contributed by atoms with Gasteiger partial charge in [0.25, 0.3) is 5.69 Å². The fraction of sp³-hybridized carbons (Fsp3) is 0.182. The SMILES string of the molecule is Cc1cc(C)n(-c2ccc([N+](=O)[O-])cc2I)n1. The third-order valence-corrected chi connectivity index (χ3v) is 3.24. The molecule has 5 nitrogen and oxygen atoms in total. The predicted octanol–water partition coefficient (Wildman–Crippen LogP) is 3.00. The molecule has 2 rings (SSSR count). The largest absolute Gasteiger partial charge is 0.270 e. The van der Waals surface area contributed by atoms with Crippen LogP contribution in [0.1, 0.15) is 11.4 Å². The Bertz CT molecular complexity index is 592. The fourth-order valence-corrected chi connectivity index (χ4v) is 2.38. The molecule has 0 atom stereocenters. The number of hydrogen-bond acceptors (Lipinski definition) is 3. The van der Waals surface area contributed by atoms with E-state index in [-0.39, 0.29) is 5.69 Å². The van der Waals surface area contributed by atoms with Gasteiger partial charge in [-0.15, -0.1) is 0 Å². The smallest absolute Gasteiger partial charge is 0.258 e. The average Bonchev–Trinajstić information content (AvgIpc) is 2.57.